The summed E-state index contributed by atoms with van der Waals surface area (Å²) >= 11 is 0. The number of aliphatic imine (C=N–C) groups is 1. The van der Waals surface area contributed by atoms with Crippen LogP contribution in [0.15, 0.2) is 28.1 Å². The van der Waals surface area contributed by atoms with E-state index in [1.54, 1.807) is 12.1 Å². The summed E-state index contributed by atoms with van der Waals surface area (Å²) in [6.45, 7) is 3.82. The van der Waals surface area contributed by atoms with Gasteiger partial charge in [-0.05, 0) is 36.1 Å². The third-order valence-electron chi connectivity index (χ3n) is 3.01. The Bertz CT molecular complexity index is 731. The van der Waals surface area contributed by atoms with Crippen molar-refractivity contribution in [3.8, 4) is 0 Å². The minimum atomic E-state index is -3.49. The fraction of sp³-hybridized carbons (Fsp3) is 0.333. The summed E-state index contributed by atoms with van der Waals surface area (Å²) in [5, 5.41) is 0. The molecule has 0 bridgehead atoms. The first-order chi connectivity index (χ1) is 10.2. The number of amides is 1. The number of carbonyl (C=O) groups excluding carboxylic acids is 1. The zero-order chi connectivity index (χ0) is 16.9. The van der Waals surface area contributed by atoms with E-state index in [1.165, 1.54) is 6.07 Å². The van der Waals surface area contributed by atoms with Crippen LogP contribution in [0.25, 0.3) is 6.08 Å². The summed E-state index contributed by atoms with van der Waals surface area (Å²) < 4.78 is 24.0. The molecule has 4 N–H and O–H groups in total. The first-order valence-corrected chi connectivity index (χ1v) is 8.77. The van der Waals surface area contributed by atoms with Gasteiger partial charge in [0.25, 0.3) is 5.91 Å². The van der Waals surface area contributed by atoms with Gasteiger partial charge in [-0.1, -0.05) is 26.0 Å². The summed E-state index contributed by atoms with van der Waals surface area (Å²) in [5.41, 5.74) is 11.9. The topological polar surface area (TPSA) is 116 Å². The Hall–Kier alpha value is -2.15. The van der Waals surface area contributed by atoms with E-state index in [9.17, 15) is 13.2 Å². The van der Waals surface area contributed by atoms with Crippen LogP contribution in [0, 0.1) is 0 Å². The molecule has 1 rings (SSSR count). The second-order valence-corrected chi connectivity index (χ2v) is 6.81. The van der Waals surface area contributed by atoms with Crippen molar-refractivity contribution in [1.29, 1.82) is 0 Å². The molecule has 1 amide bonds. The van der Waals surface area contributed by atoms with Gasteiger partial charge in [0.1, 0.15) is 0 Å². The van der Waals surface area contributed by atoms with Crippen LogP contribution in [0.3, 0.4) is 0 Å². The molecular weight excluding hydrogens is 302 g/mol. The van der Waals surface area contributed by atoms with Crippen LogP contribution in [0.5, 0.6) is 0 Å². The minimum Gasteiger partial charge on any atom is -0.370 e. The highest BCUT2D eigenvalue weighted by molar-refractivity contribution is 7.90. The molecule has 22 heavy (non-hydrogen) atoms. The summed E-state index contributed by atoms with van der Waals surface area (Å²) in [7, 11) is -3.49. The van der Waals surface area contributed by atoms with Crippen molar-refractivity contribution in [1.82, 2.24) is 0 Å². The van der Waals surface area contributed by atoms with Gasteiger partial charge < -0.3 is 11.5 Å². The number of nitrogens with two attached hydrogens (primary N) is 2. The van der Waals surface area contributed by atoms with Crippen molar-refractivity contribution in [2.24, 2.45) is 16.5 Å². The molecule has 6 nitrogen and oxygen atoms in total. The average molecular weight is 323 g/mol. The predicted molar refractivity (Wildman–Crippen MR) is 88.4 cm³/mol. The third kappa shape index (κ3) is 4.42. The van der Waals surface area contributed by atoms with Gasteiger partial charge in [-0.25, -0.2) is 8.42 Å². The van der Waals surface area contributed by atoms with E-state index in [4.69, 9.17) is 11.5 Å². The predicted octanol–water partition coefficient (Wildman–Crippen LogP) is 1.49. The zero-order valence-corrected chi connectivity index (χ0v) is 13.8. The van der Waals surface area contributed by atoms with Crippen LogP contribution in [-0.2, 0) is 16.3 Å². The lowest BCUT2D eigenvalue weighted by Crippen LogP contribution is -2.24. The van der Waals surface area contributed by atoms with Crippen molar-refractivity contribution < 1.29 is 13.2 Å². The standard InChI is InChI=1S/C15H21N3O3S/c1-4-6-7-11-8-10(5-2)12(14(19)18-15(16)17)9-13(11)22(3,20)21/h6-9H,4-5H2,1-3H3,(H4,16,17,18,19)/b7-6+. The lowest BCUT2D eigenvalue weighted by molar-refractivity contribution is 0.100. The van der Waals surface area contributed by atoms with E-state index in [0.717, 1.165) is 12.7 Å². The first kappa shape index (κ1) is 17.9. The molecule has 0 heterocycles. The van der Waals surface area contributed by atoms with Crippen LogP contribution in [0.1, 0.15) is 41.8 Å². The second-order valence-electron chi connectivity index (χ2n) is 4.83. The van der Waals surface area contributed by atoms with Crippen molar-refractivity contribution >= 4 is 27.8 Å². The molecule has 0 aliphatic heterocycles. The van der Waals surface area contributed by atoms with Crippen LogP contribution in [0.4, 0.5) is 0 Å². The molecular formula is C15H21N3O3S. The Morgan fingerprint density at radius 3 is 2.36 bits per heavy atom. The van der Waals surface area contributed by atoms with Crippen LogP contribution >= 0.6 is 0 Å². The molecule has 0 spiro atoms. The Kier molecular flexibility index (Phi) is 5.87. The van der Waals surface area contributed by atoms with Crippen LogP contribution in [-0.4, -0.2) is 26.5 Å². The van der Waals surface area contributed by atoms with Gasteiger partial charge in [-0.15, -0.1) is 0 Å². The summed E-state index contributed by atoms with van der Waals surface area (Å²) in [6.07, 6.45) is 6.04. The monoisotopic (exact) mass is 323 g/mol. The maximum Gasteiger partial charge on any atom is 0.280 e. The van der Waals surface area contributed by atoms with Crippen LogP contribution < -0.4 is 11.5 Å². The number of benzene rings is 1. The Balaban J connectivity index is 3.64. The highest BCUT2D eigenvalue weighted by atomic mass is 32.2. The van der Waals surface area contributed by atoms with Gasteiger partial charge in [-0.2, -0.15) is 4.99 Å². The lowest BCUT2D eigenvalue weighted by Gasteiger charge is -2.11. The van der Waals surface area contributed by atoms with E-state index in [1.807, 2.05) is 19.9 Å². The molecule has 0 saturated carbocycles. The SMILES string of the molecule is CC/C=C/c1cc(CC)c(C(=O)N=C(N)N)cc1S(C)(=O)=O. The van der Waals surface area contributed by atoms with Gasteiger partial charge in [-0.3, -0.25) is 4.79 Å². The molecule has 0 unspecified atom stereocenters. The Morgan fingerprint density at radius 2 is 1.91 bits per heavy atom. The molecule has 1 aromatic carbocycles. The smallest absolute Gasteiger partial charge is 0.280 e. The zero-order valence-electron chi connectivity index (χ0n) is 13.0. The number of guanidine groups is 1. The number of rotatable bonds is 5. The third-order valence-corrected chi connectivity index (χ3v) is 4.16. The van der Waals surface area contributed by atoms with E-state index < -0.39 is 15.7 Å². The molecule has 0 aromatic heterocycles. The molecule has 0 saturated heterocycles. The number of hydrogen-bond donors (Lipinski definition) is 2. The van der Waals surface area contributed by atoms with Gasteiger partial charge >= 0.3 is 0 Å². The van der Waals surface area contributed by atoms with Crippen LogP contribution in [0.2, 0.25) is 0 Å². The number of allylic oxidation sites excluding steroid dienone is 1. The van der Waals surface area contributed by atoms with Gasteiger partial charge in [0.15, 0.2) is 15.8 Å². The van der Waals surface area contributed by atoms with Crippen molar-refractivity contribution in [3.05, 3.63) is 34.9 Å². The molecule has 0 aliphatic rings. The Morgan fingerprint density at radius 1 is 1.27 bits per heavy atom. The number of aryl methyl sites for hydroxylation is 1. The number of nitrogens with zero attached hydrogens (tertiary/aromatic N) is 1. The summed E-state index contributed by atoms with van der Waals surface area (Å²) in [6, 6.07) is 3.04. The van der Waals surface area contributed by atoms with E-state index >= 15 is 0 Å². The fourth-order valence-corrected chi connectivity index (χ4v) is 2.90. The highest BCUT2D eigenvalue weighted by Crippen LogP contribution is 2.24. The second kappa shape index (κ2) is 7.22. The molecule has 120 valence electrons. The Labute approximate surface area is 130 Å². The molecule has 7 heteroatoms. The molecule has 0 atom stereocenters. The molecule has 0 radical (unpaired) electrons. The number of carbonyl (C=O) groups is 1. The normalized spacial score (nSPS) is 11.6. The maximum absolute atomic E-state index is 12.1. The van der Waals surface area contributed by atoms with E-state index in [2.05, 4.69) is 4.99 Å². The van der Waals surface area contributed by atoms with E-state index in [0.29, 0.717) is 17.5 Å². The lowest BCUT2D eigenvalue weighted by atomic mass is 10.0. The number of hydrogen-bond acceptors (Lipinski definition) is 3. The maximum atomic E-state index is 12.1. The molecule has 1 aromatic rings. The summed E-state index contributed by atoms with van der Waals surface area (Å²) in [5.74, 6) is -1.00. The van der Waals surface area contributed by atoms with Gasteiger partial charge in [0.05, 0.1) is 4.90 Å². The first-order valence-electron chi connectivity index (χ1n) is 6.88. The van der Waals surface area contributed by atoms with E-state index in [-0.39, 0.29) is 16.4 Å². The molecule has 0 fully saturated rings. The minimum absolute atomic E-state index is 0.0866. The van der Waals surface area contributed by atoms with Gasteiger partial charge in [0, 0.05) is 11.8 Å². The van der Waals surface area contributed by atoms with Crippen molar-refractivity contribution in [3.63, 3.8) is 0 Å². The molecule has 0 aliphatic carbocycles. The average Bonchev–Trinajstić information content (AvgIpc) is 2.42. The summed E-state index contributed by atoms with van der Waals surface area (Å²) in [4.78, 5) is 15.7. The van der Waals surface area contributed by atoms with Crippen molar-refractivity contribution in [2.45, 2.75) is 31.6 Å². The largest absolute Gasteiger partial charge is 0.370 e. The fourth-order valence-electron chi connectivity index (χ4n) is 2.01. The van der Waals surface area contributed by atoms with Gasteiger partial charge in [0.2, 0.25) is 0 Å². The van der Waals surface area contributed by atoms with Crippen molar-refractivity contribution in [2.75, 3.05) is 6.26 Å². The quantitative estimate of drug-likeness (QED) is 0.629. The number of sulfone groups is 1. The highest BCUT2D eigenvalue weighted by Gasteiger charge is 2.19.